The van der Waals surface area contributed by atoms with Gasteiger partial charge in [-0.15, -0.1) is 0 Å². The normalized spacial score (nSPS) is 24.3. The van der Waals surface area contributed by atoms with Gasteiger partial charge in [0.2, 0.25) is 5.91 Å². The van der Waals surface area contributed by atoms with E-state index < -0.39 is 0 Å². The molecule has 5 nitrogen and oxygen atoms in total. The van der Waals surface area contributed by atoms with Crippen molar-refractivity contribution in [2.75, 3.05) is 32.7 Å². The number of hydrogen-bond donors (Lipinski definition) is 0. The van der Waals surface area contributed by atoms with E-state index in [0.29, 0.717) is 5.56 Å². The van der Waals surface area contributed by atoms with Crippen LogP contribution in [0.2, 0.25) is 0 Å². The number of nitrogens with zero attached hydrogens (tertiary/aromatic N) is 3. The number of carbonyl (C=O) groups is 2. The molecule has 0 N–H and O–H groups in total. The van der Waals surface area contributed by atoms with E-state index in [4.69, 9.17) is 0 Å². The Morgan fingerprint density at radius 3 is 2.42 bits per heavy atom. The van der Waals surface area contributed by atoms with Gasteiger partial charge in [0.05, 0.1) is 12.0 Å². The molecule has 1 aliphatic carbocycles. The number of aryl methyl sites for hydroxylation is 1. The average Bonchev–Trinajstić information content (AvgIpc) is 3.64. The molecule has 0 radical (unpaired) electrons. The molecule has 31 heavy (non-hydrogen) atoms. The van der Waals surface area contributed by atoms with Crippen molar-refractivity contribution >= 4 is 11.8 Å². The van der Waals surface area contributed by atoms with Gasteiger partial charge in [0.25, 0.3) is 5.91 Å². The van der Waals surface area contributed by atoms with Crippen LogP contribution >= 0.6 is 0 Å². The Morgan fingerprint density at radius 2 is 1.74 bits per heavy atom. The number of piperazine rings is 1. The molecular formula is C26H31N3O2. The summed E-state index contributed by atoms with van der Waals surface area (Å²) in [6, 6.07) is 16.1. The van der Waals surface area contributed by atoms with Crippen molar-refractivity contribution in [2.45, 2.75) is 44.7 Å². The Morgan fingerprint density at radius 1 is 1.00 bits per heavy atom. The van der Waals surface area contributed by atoms with Gasteiger partial charge >= 0.3 is 0 Å². The van der Waals surface area contributed by atoms with E-state index in [2.05, 4.69) is 36.9 Å². The molecule has 0 bridgehead atoms. The number of likely N-dealkylation sites (N-methyl/N-ethyl adjacent to an activating group) is 1. The zero-order chi connectivity index (χ0) is 21.5. The molecule has 5 heteroatoms. The predicted molar refractivity (Wildman–Crippen MR) is 121 cm³/mol. The molecule has 0 spiro atoms. The third kappa shape index (κ3) is 3.65. The zero-order valence-electron chi connectivity index (χ0n) is 18.5. The maximum absolute atomic E-state index is 14.0. The molecule has 3 aliphatic rings. The highest BCUT2D eigenvalue weighted by Gasteiger charge is 2.50. The Kier molecular flexibility index (Phi) is 5.30. The van der Waals surface area contributed by atoms with Gasteiger partial charge in [0.15, 0.2) is 0 Å². The molecule has 2 amide bonds. The summed E-state index contributed by atoms with van der Waals surface area (Å²) in [6.45, 7) is 8.59. The van der Waals surface area contributed by atoms with Gasteiger partial charge in [0, 0.05) is 37.8 Å². The van der Waals surface area contributed by atoms with Crippen molar-refractivity contribution in [1.82, 2.24) is 14.7 Å². The number of fused-ring (bicyclic) bond motifs is 1. The largest absolute Gasteiger partial charge is 0.340 e. The van der Waals surface area contributed by atoms with Crippen LogP contribution in [0.15, 0.2) is 48.5 Å². The van der Waals surface area contributed by atoms with Crippen LogP contribution in [0, 0.1) is 6.92 Å². The van der Waals surface area contributed by atoms with Crippen LogP contribution in [0.3, 0.4) is 0 Å². The zero-order valence-corrected chi connectivity index (χ0v) is 18.5. The molecule has 2 aromatic rings. The summed E-state index contributed by atoms with van der Waals surface area (Å²) in [5.74, 6) is -0.123. The standard InChI is InChI=1S/C26H31N3O2/c1-3-27-13-15-28(16-14-27)26(31)23-21-9-4-5-10-22(21)25(30)29(20-11-12-20)24(23)19-8-6-7-18(2)17-19/h4-10,17,20,23-24H,3,11-16H2,1-2H3. The van der Waals surface area contributed by atoms with Crippen LogP contribution in [-0.4, -0.2) is 65.3 Å². The highest BCUT2D eigenvalue weighted by Crippen LogP contribution is 2.48. The highest BCUT2D eigenvalue weighted by molar-refractivity contribution is 6.01. The molecule has 2 atom stereocenters. The SMILES string of the molecule is CCN1CCN(C(=O)C2c3ccccc3C(=O)N(C3CC3)C2c2cccc(C)c2)CC1. The molecule has 0 aromatic heterocycles. The van der Waals surface area contributed by atoms with Crippen LogP contribution in [0.1, 0.15) is 58.8 Å². The van der Waals surface area contributed by atoms with Gasteiger partial charge in [-0.1, -0.05) is 55.0 Å². The van der Waals surface area contributed by atoms with Crippen LogP contribution in [0.4, 0.5) is 0 Å². The van der Waals surface area contributed by atoms with E-state index in [1.54, 1.807) is 0 Å². The van der Waals surface area contributed by atoms with Gasteiger partial charge in [0.1, 0.15) is 0 Å². The Bertz CT molecular complexity index is 992. The van der Waals surface area contributed by atoms with Gasteiger partial charge in [-0.2, -0.15) is 0 Å². The molecule has 1 saturated carbocycles. The maximum Gasteiger partial charge on any atom is 0.254 e. The molecule has 2 unspecified atom stereocenters. The lowest BCUT2D eigenvalue weighted by Crippen LogP contribution is -2.53. The van der Waals surface area contributed by atoms with E-state index in [1.807, 2.05) is 40.1 Å². The quantitative estimate of drug-likeness (QED) is 0.764. The van der Waals surface area contributed by atoms with Crippen LogP contribution < -0.4 is 0 Å². The van der Waals surface area contributed by atoms with Crippen molar-refractivity contribution in [3.63, 3.8) is 0 Å². The molecule has 1 saturated heterocycles. The fourth-order valence-corrected chi connectivity index (χ4v) is 5.26. The van der Waals surface area contributed by atoms with Gasteiger partial charge < -0.3 is 14.7 Å². The number of hydrogen-bond acceptors (Lipinski definition) is 3. The van der Waals surface area contributed by atoms with E-state index in [1.165, 1.54) is 0 Å². The molecular weight excluding hydrogens is 386 g/mol. The third-order valence-electron chi connectivity index (χ3n) is 7.10. The summed E-state index contributed by atoms with van der Waals surface area (Å²) in [5.41, 5.74) is 3.81. The molecule has 5 rings (SSSR count). The lowest BCUT2D eigenvalue weighted by Gasteiger charge is -2.44. The summed E-state index contributed by atoms with van der Waals surface area (Å²) in [7, 11) is 0. The van der Waals surface area contributed by atoms with Crippen LogP contribution in [-0.2, 0) is 4.79 Å². The first-order chi connectivity index (χ1) is 15.1. The predicted octanol–water partition coefficient (Wildman–Crippen LogP) is 3.60. The third-order valence-corrected chi connectivity index (χ3v) is 7.10. The summed E-state index contributed by atoms with van der Waals surface area (Å²) in [5, 5.41) is 0. The van der Waals surface area contributed by atoms with E-state index >= 15 is 0 Å². The second kappa shape index (κ2) is 8.12. The fourth-order valence-electron chi connectivity index (χ4n) is 5.26. The van der Waals surface area contributed by atoms with Crippen LogP contribution in [0.25, 0.3) is 0 Å². The monoisotopic (exact) mass is 417 g/mol. The minimum absolute atomic E-state index is 0.0736. The van der Waals surface area contributed by atoms with Gasteiger partial charge in [-0.25, -0.2) is 0 Å². The van der Waals surface area contributed by atoms with Gasteiger partial charge in [-0.3, -0.25) is 9.59 Å². The minimum Gasteiger partial charge on any atom is -0.340 e. The minimum atomic E-state index is -0.357. The molecule has 2 aliphatic heterocycles. The lowest BCUT2D eigenvalue weighted by atomic mass is 9.78. The average molecular weight is 418 g/mol. The Labute approximate surface area is 184 Å². The Hall–Kier alpha value is -2.66. The summed E-state index contributed by atoms with van der Waals surface area (Å²) in [6.07, 6.45) is 2.04. The summed E-state index contributed by atoms with van der Waals surface area (Å²) < 4.78 is 0. The fraction of sp³-hybridized carbons (Fsp3) is 0.462. The molecule has 2 aromatic carbocycles. The molecule has 2 fully saturated rings. The van der Waals surface area contributed by atoms with Crippen molar-refractivity contribution in [3.8, 4) is 0 Å². The van der Waals surface area contributed by atoms with Crippen molar-refractivity contribution in [2.24, 2.45) is 0 Å². The number of amides is 2. The summed E-state index contributed by atoms with van der Waals surface area (Å²) in [4.78, 5) is 34.1. The highest BCUT2D eigenvalue weighted by atomic mass is 16.2. The van der Waals surface area contributed by atoms with Crippen molar-refractivity contribution in [1.29, 1.82) is 0 Å². The number of carbonyl (C=O) groups excluding carboxylic acids is 2. The first-order valence-electron chi connectivity index (χ1n) is 11.6. The molecule has 2 heterocycles. The number of rotatable bonds is 4. The lowest BCUT2D eigenvalue weighted by molar-refractivity contribution is -0.136. The first-order valence-corrected chi connectivity index (χ1v) is 11.6. The number of benzene rings is 2. The van der Waals surface area contributed by atoms with E-state index in [0.717, 1.165) is 62.3 Å². The topological polar surface area (TPSA) is 43.9 Å². The van der Waals surface area contributed by atoms with Crippen LogP contribution in [0.5, 0.6) is 0 Å². The summed E-state index contributed by atoms with van der Waals surface area (Å²) >= 11 is 0. The van der Waals surface area contributed by atoms with E-state index in [-0.39, 0.29) is 29.8 Å². The van der Waals surface area contributed by atoms with Gasteiger partial charge in [-0.05, 0) is 43.5 Å². The van der Waals surface area contributed by atoms with Crippen molar-refractivity contribution < 1.29 is 9.59 Å². The Balaban J connectivity index is 1.60. The second-order valence-corrected chi connectivity index (χ2v) is 9.13. The molecule has 162 valence electrons. The first kappa shape index (κ1) is 20.3. The van der Waals surface area contributed by atoms with Crippen molar-refractivity contribution in [3.05, 3.63) is 70.8 Å². The maximum atomic E-state index is 14.0. The second-order valence-electron chi connectivity index (χ2n) is 9.13. The van der Waals surface area contributed by atoms with E-state index in [9.17, 15) is 9.59 Å². The smallest absolute Gasteiger partial charge is 0.254 e.